The molecule has 0 spiro atoms. The van der Waals surface area contributed by atoms with Gasteiger partial charge in [-0.3, -0.25) is 4.98 Å². The molecule has 2 aromatic carbocycles. The first kappa shape index (κ1) is 13.6. The molecule has 0 aliphatic carbocycles. The molecule has 0 atom stereocenters. The number of ether oxygens (including phenoxy) is 1. The molecule has 0 amide bonds. The summed E-state index contributed by atoms with van der Waals surface area (Å²) < 4.78 is 5.84. The molecule has 0 unspecified atom stereocenters. The lowest BCUT2D eigenvalue weighted by Gasteiger charge is -2.09. The maximum atomic E-state index is 5.84. The van der Waals surface area contributed by atoms with E-state index in [2.05, 4.69) is 43.1 Å². The van der Waals surface area contributed by atoms with Crippen LogP contribution in [0.3, 0.4) is 0 Å². The zero-order valence-electron chi connectivity index (χ0n) is 12.4. The van der Waals surface area contributed by atoms with Crippen LogP contribution in [0.5, 0.6) is 5.75 Å². The average molecular weight is 277 g/mol. The molecule has 0 N–H and O–H groups in total. The molecule has 0 aliphatic heterocycles. The fourth-order valence-corrected chi connectivity index (χ4v) is 2.30. The van der Waals surface area contributed by atoms with Crippen LogP contribution in [0.25, 0.3) is 10.9 Å². The lowest BCUT2D eigenvalue weighted by molar-refractivity contribution is 0.305. The van der Waals surface area contributed by atoms with Crippen molar-refractivity contribution in [3.05, 3.63) is 71.9 Å². The van der Waals surface area contributed by atoms with Gasteiger partial charge in [0.25, 0.3) is 0 Å². The van der Waals surface area contributed by atoms with Gasteiger partial charge in [0.2, 0.25) is 0 Å². The minimum absolute atomic E-state index is 0.560. The highest BCUT2D eigenvalue weighted by Gasteiger charge is 2.01. The summed E-state index contributed by atoms with van der Waals surface area (Å²) in [6, 6.07) is 18.7. The molecule has 0 saturated carbocycles. The van der Waals surface area contributed by atoms with E-state index in [0.717, 1.165) is 16.7 Å². The van der Waals surface area contributed by atoms with Crippen molar-refractivity contribution in [3.63, 3.8) is 0 Å². The third-order valence-corrected chi connectivity index (χ3v) is 3.62. The highest BCUT2D eigenvalue weighted by atomic mass is 16.5. The van der Waals surface area contributed by atoms with Gasteiger partial charge in [0.05, 0.1) is 11.7 Å². The van der Waals surface area contributed by atoms with Gasteiger partial charge in [-0.2, -0.15) is 0 Å². The Kier molecular flexibility index (Phi) is 3.87. The number of rotatable bonds is 4. The van der Waals surface area contributed by atoms with Crippen molar-refractivity contribution in [2.75, 3.05) is 0 Å². The van der Waals surface area contributed by atoms with Crippen molar-refractivity contribution < 1.29 is 4.74 Å². The zero-order chi connectivity index (χ0) is 14.7. The first-order valence-electron chi connectivity index (χ1n) is 7.29. The number of benzene rings is 2. The Morgan fingerprint density at radius 3 is 2.52 bits per heavy atom. The summed E-state index contributed by atoms with van der Waals surface area (Å²) in [7, 11) is 0. The van der Waals surface area contributed by atoms with Gasteiger partial charge in [0.1, 0.15) is 12.4 Å². The van der Waals surface area contributed by atoms with E-state index in [0.29, 0.717) is 12.5 Å². The number of para-hydroxylation sites is 1. The topological polar surface area (TPSA) is 22.1 Å². The van der Waals surface area contributed by atoms with Crippen LogP contribution >= 0.6 is 0 Å². The predicted octanol–water partition coefficient (Wildman–Crippen LogP) is 4.94. The lowest BCUT2D eigenvalue weighted by Crippen LogP contribution is -1.97. The first-order valence-corrected chi connectivity index (χ1v) is 7.29. The largest absolute Gasteiger partial charge is 0.487 e. The molecule has 0 bridgehead atoms. The quantitative estimate of drug-likeness (QED) is 0.674. The van der Waals surface area contributed by atoms with Crippen LogP contribution in [0, 0.1) is 0 Å². The summed E-state index contributed by atoms with van der Waals surface area (Å²) in [4.78, 5) is 4.41. The fraction of sp³-hybridized carbons (Fsp3) is 0.211. The Bertz CT molecular complexity index is 732. The van der Waals surface area contributed by atoms with Gasteiger partial charge in [-0.05, 0) is 29.2 Å². The standard InChI is InChI=1S/C19H19NO/c1-14(2)16-9-7-15(8-10-16)13-21-18-11-17-5-3-4-6-19(17)20-12-18/h3-12,14H,13H2,1-2H3. The molecule has 2 nitrogen and oxygen atoms in total. The number of nitrogens with zero attached hydrogens (tertiary/aromatic N) is 1. The molecule has 21 heavy (non-hydrogen) atoms. The van der Waals surface area contributed by atoms with Crippen molar-refractivity contribution in [1.82, 2.24) is 4.98 Å². The first-order chi connectivity index (χ1) is 10.2. The summed E-state index contributed by atoms with van der Waals surface area (Å²) in [6.07, 6.45) is 1.78. The number of aromatic nitrogens is 1. The van der Waals surface area contributed by atoms with E-state index in [1.54, 1.807) is 6.20 Å². The van der Waals surface area contributed by atoms with Gasteiger partial charge in [-0.25, -0.2) is 0 Å². The van der Waals surface area contributed by atoms with E-state index in [4.69, 9.17) is 4.74 Å². The van der Waals surface area contributed by atoms with Crippen LogP contribution in [0.1, 0.15) is 30.9 Å². The Morgan fingerprint density at radius 2 is 1.76 bits per heavy atom. The lowest BCUT2D eigenvalue weighted by atomic mass is 10.0. The number of fused-ring (bicyclic) bond motifs is 1. The van der Waals surface area contributed by atoms with Crippen LogP contribution in [-0.2, 0) is 6.61 Å². The Hall–Kier alpha value is -2.35. The molecule has 0 fully saturated rings. The molecule has 0 aliphatic rings. The number of pyridine rings is 1. The van der Waals surface area contributed by atoms with Crippen LogP contribution in [0.4, 0.5) is 0 Å². The summed E-state index contributed by atoms with van der Waals surface area (Å²) in [5, 5.41) is 1.10. The van der Waals surface area contributed by atoms with Crippen LogP contribution < -0.4 is 4.74 Å². The average Bonchev–Trinajstić information content (AvgIpc) is 2.53. The second-order valence-electron chi connectivity index (χ2n) is 5.55. The molecule has 3 aromatic rings. The monoisotopic (exact) mass is 277 g/mol. The van der Waals surface area contributed by atoms with E-state index >= 15 is 0 Å². The highest BCUT2D eigenvalue weighted by molar-refractivity contribution is 5.79. The van der Waals surface area contributed by atoms with Crippen molar-refractivity contribution in [1.29, 1.82) is 0 Å². The van der Waals surface area contributed by atoms with Gasteiger partial charge in [0.15, 0.2) is 0 Å². The van der Waals surface area contributed by atoms with E-state index < -0.39 is 0 Å². The smallest absolute Gasteiger partial charge is 0.138 e. The molecule has 1 heterocycles. The fourth-order valence-electron chi connectivity index (χ4n) is 2.30. The summed E-state index contributed by atoms with van der Waals surface area (Å²) >= 11 is 0. The van der Waals surface area contributed by atoms with E-state index in [1.807, 2.05) is 30.3 Å². The Balaban J connectivity index is 1.71. The second-order valence-corrected chi connectivity index (χ2v) is 5.55. The maximum absolute atomic E-state index is 5.84. The van der Waals surface area contributed by atoms with Crippen molar-refractivity contribution >= 4 is 10.9 Å². The molecule has 3 rings (SSSR count). The molecule has 1 aromatic heterocycles. The Labute approximate surface area is 125 Å². The summed E-state index contributed by atoms with van der Waals surface area (Å²) in [5.74, 6) is 1.37. The Morgan fingerprint density at radius 1 is 1.00 bits per heavy atom. The molecule has 106 valence electrons. The van der Waals surface area contributed by atoms with Crippen molar-refractivity contribution in [2.24, 2.45) is 0 Å². The summed E-state index contributed by atoms with van der Waals surface area (Å²) in [6.45, 7) is 4.97. The molecule has 0 radical (unpaired) electrons. The number of hydrogen-bond donors (Lipinski definition) is 0. The van der Waals surface area contributed by atoms with Crippen molar-refractivity contribution in [2.45, 2.75) is 26.4 Å². The molecular weight excluding hydrogens is 258 g/mol. The van der Waals surface area contributed by atoms with Crippen LogP contribution in [0.15, 0.2) is 60.8 Å². The third kappa shape index (κ3) is 3.22. The van der Waals surface area contributed by atoms with Gasteiger partial charge in [-0.1, -0.05) is 56.3 Å². The normalized spacial score (nSPS) is 11.0. The van der Waals surface area contributed by atoms with Gasteiger partial charge in [-0.15, -0.1) is 0 Å². The van der Waals surface area contributed by atoms with Crippen molar-refractivity contribution in [3.8, 4) is 5.75 Å². The van der Waals surface area contributed by atoms with E-state index in [-0.39, 0.29) is 0 Å². The molecular formula is C19H19NO. The SMILES string of the molecule is CC(C)c1ccc(COc2cnc3ccccc3c2)cc1. The predicted molar refractivity (Wildman–Crippen MR) is 86.6 cm³/mol. The number of hydrogen-bond acceptors (Lipinski definition) is 2. The minimum atomic E-state index is 0.560. The second kappa shape index (κ2) is 5.96. The van der Waals surface area contributed by atoms with Crippen LogP contribution in [0.2, 0.25) is 0 Å². The third-order valence-electron chi connectivity index (χ3n) is 3.62. The van der Waals surface area contributed by atoms with Gasteiger partial charge < -0.3 is 4.74 Å². The zero-order valence-corrected chi connectivity index (χ0v) is 12.4. The molecule has 0 saturated heterocycles. The summed E-state index contributed by atoms with van der Waals surface area (Å²) in [5.41, 5.74) is 3.52. The van der Waals surface area contributed by atoms with Gasteiger partial charge in [0, 0.05) is 5.39 Å². The minimum Gasteiger partial charge on any atom is -0.487 e. The van der Waals surface area contributed by atoms with Crippen LogP contribution in [-0.4, -0.2) is 4.98 Å². The molecule has 2 heteroatoms. The highest BCUT2D eigenvalue weighted by Crippen LogP contribution is 2.20. The van der Waals surface area contributed by atoms with E-state index in [9.17, 15) is 0 Å². The van der Waals surface area contributed by atoms with Gasteiger partial charge >= 0.3 is 0 Å². The van der Waals surface area contributed by atoms with E-state index in [1.165, 1.54) is 11.1 Å². The maximum Gasteiger partial charge on any atom is 0.138 e.